The number of nitrogens with two attached hydrogens (primary N) is 1. The number of benzene rings is 1. The topological polar surface area (TPSA) is 26.0 Å². The Balaban J connectivity index is 2.49. The van der Waals surface area contributed by atoms with Gasteiger partial charge in [-0.1, -0.05) is 38.1 Å². The van der Waals surface area contributed by atoms with E-state index in [0.29, 0.717) is 11.8 Å². The summed E-state index contributed by atoms with van der Waals surface area (Å²) in [4.78, 5) is 0. The monoisotopic (exact) mass is 173 g/mol. The molecule has 2 rings (SSSR count). The van der Waals surface area contributed by atoms with Crippen molar-refractivity contribution in [3.8, 4) is 0 Å². The minimum Gasteiger partial charge on any atom is -0.402 e. The number of hydrogen-bond donors (Lipinski definition) is 1. The standard InChI is InChI=1S/C12H15N/c1-8(2)12-10-6-4-3-5-9(10)7-11(12)13/h3-8,12H,13H2,1-2H3. The van der Waals surface area contributed by atoms with E-state index < -0.39 is 0 Å². The Labute approximate surface area is 79.3 Å². The normalized spacial score (nSPS) is 20.2. The minimum absolute atomic E-state index is 0.427. The van der Waals surface area contributed by atoms with E-state index in [0.717, 1.165) is 5.70 Å². The van der Waals surface area contributed by atoms with Crippen LogP contribution < -0.4 is 5.73 Å². The fraction of sp³-hybridized carbons (Fsp3) is 0.333. The summed E-state index contributed by atoms with van der Waals surface area (Å²) in [6.07, 6.45) is 2.10. The highest BCUT2D eigenvalue weighted by Gasteiger charge is 2.25. The summed E-state index contributed by atoms with van der Waals surface area (Å²) in [5.41, 5.74) is 9.68. The molecule has 2 N–H and O–H groups in total. The predicted molar refractivity (Wildman–Crippen MR) is 56.2 cm³/mol. The molecule has 1 aliphatic rings. The zero-order chi connectivity index (χ0) is 9.42. The Kier molecular flexibility index (Phi) is 1.87. The van der Waals surface area contributed by atoms with Gasteiger partial charge in [0.1, 0.15) is 0 Å². The van der Waals surface area contributed by atoms with Gasteiger partial charge in [-0.2, -0.15) is 0 Å². The van der Waals surface area contributed by atoms with Crippen molar-refractivity contribution in [2.45, 2.75) is 19.8 Å². The smallest absolute Gasteiger partial charge is 0.0264 e. The predicted octanol–water partition coefficient (Wildman–Crippen LogP) is 2.74. The van der Waals surface area contributed by atoms with Gasteiger partial charge in [-0.25, -0.2) is 0 Å². The van der Waals surface area contributed by atoms with Gasteiger partial charge in [0, 0.05) is 11.6 Å². The highest BCUT2D eigenvalue weighted by atomic mass is 14.6. The van der Waals surface area contributed by atoms with Gasteiger partial charge in [0.25, 0.3) is 0 Å². The molecule has 1 aromatic rings. The molecule has 1 heteroatoms. The van der Waals surface area contributed by atoms with Crippen molar-refractivity contribution < 1.29 is 0 Å². The lowest BCUT2D eigenvalue weighted by Gasteiger charge is -2.17. The van der Waals surface area contributed by atoms with Crippen molar-refractivity contribution in [3.63, 3.8) is 0 Å². The third-order valence-corrected chi connectivity index (χ3v) is 2.68. The lowest BCUT2D eigenvalue weighted by atomic mass is 9.89. The Morgan fingerprint density at radius 2 is 1.92 bits per heavy atom. The van der Waals surface area contributed by atoms with E-state index in [1.165, 1.54) is 11.1 Å². The molecule has 13 heavy (non-hydrogen) atoms. The van der Waals surface area contributed by atoms with Gasteiger partial charge in [-0.3, -0.25) is 0 Å². The van der Waals surface area contributed by atoms with Crippen LogP contribution in [-0.2, 0) is 0 Å². The van der Waals surface area contributed by atoms with E-state index in [1.54, 1.807) is 0 Å². The zero-order valence-electron chi connectivity index (χ0n) is 8.12. The minimum atomic E-state index is 0.427. The van der Waals surface area contributed by atoms with Gasteiger partial charge >= 0.3 is 0 Å². The second kappa shape index (κ2) is 2.91. The SMILES string of the molecule is CC(C)C1C(N)=Cc2ccccc21. The summed E-state index contributed by atoms with van der Waals surface area (Å²) in [6.45, 7) is 4.43. The maximum atomic E-state index is 5.99. The van der Waals surface area contributed by atoms with Crippen molar-refractivity contribution in [2.24, 2.45) is 11.7 Å². The fourth-order valence-electron chi connectivity index (χ4n) is 2.12. The van der Waals surface area contributed by atoms with Gasteiger partial charge in [0.05, 0.1) is 0 Å². The van der Waals surface area contributed by atoms with E-state index in [-0.39, 0.29) is 0 Å². The van der Waals surface area contributed by atoms with Crippen LogP contribution in [0.5, 0.6) is 0 Å². The largest absolute Gasteiger partial charge is 0.402 e. The summed E-state index contributed by atoms with van der Waals surface area (Å²) in [7, 11) is 0. The first-order valence-corrected chi connectivity index (χ1v) is 4.76. The van der Waals surface area contributed by atoms with Crippen LogP contribution in [0, 0.1) is 5.92 Å². The van der Waals surface area contributed by atoms with Crippen molar-refractivity contribution in [2.75, 3.05) is 0 Å². The maximum absolute atomic E-state index is 5.99. The summed E-state index contributed by atoms with van der Waals surface area (Å²) in [6, 6.07) is 8.45. The molecule has 0 radical (unpaired) electrons. The first-order chi connectivity index (χ1) is 6.20. The molecule has 0 fully saturated rings. The summed E-state index contributed by atoms with van der Waals surface area (Å²) < 4.78 is 0. The second-order valence-corrected chi connectivity index (χ2v) is 3.99. The number of fused-ring (bicyclic) bond motifs is 1. The molecular formula is C12H15N. The quantitative estimate of drug-likeness (QED) is 0.694. The van der Waals surface area contributed by atoms with Crippen LogP contribution in [0.15, 0.2) is 30.0 Å². The van der Waals surface area contributed by atoms with Crippen LogP contribution in [0.3, 0.4) is 0 Å². The van der Waals surface area contributed by atoms with Crippen LogP contribution >= 0.6 is 0 Å². The molecule has 1 nitrogen and oxygen atoms in total. The molecule has 0 amide bonds. The third-order valence-electron chi connectivity index (χ3n) is 2.68. The van der Waals surface area contributed by atoms with Gasteiger partial charge in [-0.15, -0.1) is 0 Å². The lowest BCUT2D eigenvalue weighted by Crippen LogP contribution is -2.12. The van der Waals surface area contributed by atoms with Crippen LogP contribution in [0.25, 0.3) is 6.08 Å². The van der Waals surface area contributed by atoms with E-state index in [4.69, 9.17) is 5.73 Å². The number of rotatable bonds is 1. The first-order valence-electron chi connectivity index (χ1n) is 4.76. The number of hydrogen-bond acceptors (Lipinski definition) is 1. The van der Waals surface area contributed by atoms with Crippen molar-refractivity contribution in [3.05, 3.63) is 41.1 Å². The zero-order valence-corrected chi connectivity index (χ0v) is 8.12. The Morgan fingerprint density at radius 3 is 2.62 bits per heavy atom. The Bertz CT molecular complexity index is 350. The molecule has 68 valence electrons. The van der Waals surface area contributed by atoms with E-state index in [1.807, 2.05) is 0 Å². The molecule has 1 aliphatic carbocycles. The van der Waals surface area contributed by atoms with Gasteiger partial charge in [-0.05, 0) is 23.1 Å². The Morgan fingerprint density at radius 1 is 1.23 bits per heavy atom. The molecule has 0 heterocycles. The molecular weight excluding hydrogens is 158 g/mol. The van der Waals surface area contributed by atoms with E-state index in [9.17, 15) is 0 Å². The molecule has 1 aromatic carbocycles. The van der Waals surface area contributed by atoms with E-state index in [2.05, 4.69) is 44.2 Å². The summed E-state index contributed by atoms with van der Waals surface area (Å²) in [5.74, 6) is 1.01. The highest BCUT2D eigenvalue weighted by molar-refractivity contribution is 5.65. The molecule has 0 saturated heterocycles. The maximum Gasteiger partial charge on any atom is 0.0264 e. The average molecular weight is 173 g/mol. The van der Waals surface area contributed by atoms with Crippen LogP contribution in [-0.4, -0.2) is 0 Å². The van der Waals surface area contributed by atoms with Crippen molar-refractivity contribution >= 4 is 6.08 Å². The molecule has 0 spiro atoms. The molecule has 0 saturated carbocycles. The van der Waals surface area contributed by atoms with Crippen molar-refractivity contribution in [1.29, 1.82) is 0 Å². The van der Waals surface area contributed by atoms with Crippen LogP contribution in [0.2, 0.25) is 0 Å². The third kappa shape index (κ3) is 1.24. The first kappa shape index (κ1) is 8.36. The fourth-order valence-corrected chi connectivity index (χ4v) is 2.12. The Hall–Kier alpha value is -1.24. The lowest BCUT2D eigenvalue weighted by molar-refractivity contribution is 0.559. The average Bonchev–Trinajstić information content (AvgIpc) is 2.39. The highest BCUT2D eigenvalue weighted by Crippen LogP contribution is 2.38. The van der Waals surface area contributed by atoms with Crippen molar-refractivity contribution in [1.82, 2.24) is 0 Å². The summed E-state index contributed by atoms with van der Waals surface area (Å²) >= 11 is 0. The molecule has 0 aliphatic heterocycles. The van der Waals surface area contributed by atoms with E-state index >= 15 is 0 Å². The van der Waals surface area contributed by atoms with Crippen LogP contribution in [0.1, 0.15) is 30.9 Å². The number of allylic oxidation sites excluding steroid dienone is 1. The second-order valence-electron chi connectivity index (χ2n) is 3.99. The molecule has 1 atom stereocenters. The molecule has 1 unspecified atom stereocenters. The van der Waals surface area contributed by atoms with Gasteiger partial charge in [0.2, 0.25) is 0 Å². The van der Waals surface area contributed by atoms with Gasteiger partial charge < -0.3 is 5.73 Å². The molecule has 0 aromatic heterocycles. The summed E-state index contributed by atoms with van der Waals surface area (Å²) in [5, 5.41) is 0. The van der Waals surface area contributed by atoms with Crippen LogP contribution in [0.4, 0.5) is 0 Å². The molecule has 0 bridgehead atoms. The van der Waals surface area contributed by atoms with Gasteiger partial charge in [0.15, 0.2) is 0 Å².